The molecule has 1 amide bonds. The van der Waals surface area contributed by atoms with Crippen molar-refractivity contribution in [2.75, 3.05) is 6.79 Å². The fourth-order valence-corrected chi connectivity index (χ4v) is 4.59. The van der Waals surface area contributed by atoms with Crippen molar-refractivity contribution < 1.29 is 18.7 Å². The molecule has 3 aromatic rings. The number of benzene rings is 1. The fourth-order valence-electron chi connectivity index (χ4n) is 3.65. The van der Waals surface area contributed by atoms with Crippen LogP contribution in [0.1, 0.15) is 37.3 Å². The average molecular weight is 382 g/mol. The highest BCUT2D eigenvalue weighted by molar-refractivity contribution is 7.12. The van der Waals surface area contributed by atoms with Gasteiger partial charge in [0.1, 0.15) is 5.76 Å². The van der Waals surface area contributed by atoms with Crippen LogP contribution in [-0.2, 0) is 19.4 Å². The minimum Gasteiger partial charge on any atom is -0.455 e. The van der Waals surface area contributed by atoms with E-state index < -0.39 is 0 Å². The van der Waals surface area contributed by atoms with Crippen LogP contribution in [0.15, 0.2) is 22.6 Å². The quantitative estimate of drug-likeness (QED) is 0.746. The highest BCUT2D eigenvalue weighted by atomic mass is 32.1. The van der Waals surface area contributed by atoms with Gasteiger partial charge in [0.2, 0.25) is 6.79 Å². The Hall–Kier alpha value is -2.80. The number of hydrogen-bond donors (Lipinski definition) is 1. The van der Waals surface area contributed by atoms with Crippen molar-refractivity contribution in [1.82, 2.24) is 10.3 Å². The first kappa shape index (κ1) is 16.4. The topological polar surface area (TPSA) is 73.6 Å². The Morgan fingerprint density at radius 3 is 2.96 bits per heavy atom. The molecule has 6 nitrogen and oxygen atoms in total. The molecule has 0 unspecified atom stereocenters. The summed E-state index contributed by atoms with van der Waals surface area (Å²) in [6.45, 7) is 4.57. The summed E-state index contributed by atoms with van der Waals surface area (Å²) in [5.74, 6) is 2.46. The molecule has 0 saturated heterocycles. The Labute approximate surface area is 160 Å². The van der Waals surface area contributed by atoms with Crippen LogP contribution in [0, 0.1) is 13.8 Å². The van der Waals surface area contributed by atoms with Crippen LogP contribution in [0.2, 0.25) is 0 Å². The molecule has 27 heavy (non-hydrogen) atoms. The number of nitrogens with zero attached hydrogens (tertiary/aromatic N) is 1. The second-order valence-electron chi connectivity index (χ2n) is 6.73. The second-order valence-corrected chi connectivity index (χ2v) is 8.02. The van der Waals surface area contributed by atoms with Crippen molar-refractivity contribution in [3.63, 3.8) is 0 Å². The van der Waals surface area contributed by atoms with Gasteiger partial charge in [-0.05, 0) is 38.0 Å². The number of aryl methyl sites for hydroxylation is 3. The zero-order chi connectivity index (χ0) is 18.5. The Balaban J connectivity index is 1.38. The number of hydrogen-bond acceptors (Lipinski definition) is 6. The molecule has 2 aromatic heterocycles. The summed E-state index contributed by atoms with van der Waals surface area (Å²) in [6, 6.07) is 5.65. The third-order valence-electron chi connectivity index (χ3n) is 4.94. The summed E-state index contributed by atoms with van der Waals surface area (Å²) in [4.78, 5) is 18.7. The molecule has 0 radical (unpaired) electrons. The molecule has 0 atom stereocenters. The van der Waals surface area contributed by atoms with Crippen molar-refractivity contribution in [3.8, 4) is 22.8 Å². The predicted molar refractivity (Wildman–Crippen MR) is 100 cm³/mol. The molecule has 0 spiro atoms. The Kier molecular flexibility index (Phi) is 3.72. The van der Waals surface area contributed by atoms with E-state index in [-0.39, 0.29) is 12.7 Å². The summed E-state index contributed by atoms with van der Waals surface area (Å²) in [5, 5.41) is 3.98. The molecule has 5 rings (SSSR count). The third-order valence-corrected chi connectivity index (χ3v) is 5.97. The smallest absolute Gasteiger partial charge is 0.287 e. The highest BCUT2D eigenvalue weighted by Crippen LogP contribution is 2.40. The molecule has 1 N–H and O–H groups in total. The van der Waals surface area contributed by atoms with Gasteiger partial charge in [0.25, 0.3) is 5.91 Å². The van der Waals surface area contributed by atoms with E-state index in [1.165, 1.54) is 4.88 Å². The zero-order valence-corrected chi connectivity index (χ0v) is 15.9. The van der Waals surface area contributed by atoms with Crippen LogP contribution in [0.3, 0.4) is 0 Å². The van der Waals surface area contributed by atoms with Gasteiger partial charge in [0.15, 0.2) is 17.3 Å². The molecule has 7 heteroatoms. The van der Waals surface area contributed by atoms with E-state index >= 15 is 0 Å². The Morgan fingerprint density at radius 1 is 1.22 bits per heavy atom. The van der Waals surface area contributed by atoms with Gasteiger partial charge in [-0.15, -0.1) is 11.3 Å². The molecular weight excluding hydrogens is 364 g/mol. The van der Waals surface area contributed by atoms with Gasteiger partial charge in [-0.2, -0.15) is 0 Å². The molecule has 0 bridgehead atoms. The lowest BCUT2D eigenvalue weighted by atomic mass is 9.97. The lowest BCUT2D eigenvalue weighted by Crippen LogP contribution is -2.23. The van der Waals surface area contributed by atoms with E-state index in [1.807, 2.05) is 32.0 Å². The molecule has 0 saturated carbocycles. The van der Waals surface area contributed by atoms with Crippen LogP contribution < -0.4 is 14.8 Å². The number of carbonyl (C=O) groups excluding carboxylic acids is 1. The highest BCUT2D eigenvalue weighted by Gasteiger charge is 2.29. The van der Waals surface area contributed by atoms with Crippen molar-refractivity contribution in [2.24, 2.45) is 0 Å². The van der Waals surface area contributed by atoms with Gasteiger partial charge in [0, 0.05) is 29.0 Å². The van der Waals surface area contributed by atoms with Gasteiger partial charge in [-0.25, -0.2) is 4.98 Å². The molecule has 2 aliphatic rings. The Morgan fingerprint density at radius 2 is 2.07 bits per heavy atom. The van der Waals surface area contributed by atoms with Crippen molar-refractivity contribution in [3.05, 3.63) is 50.7 Å². The van der Waals surface area contributed by atoms with Gasteiger partial charge >= 0.3 is 0 Å². The number of furan rings is 1. The monoisotopic (exact) mass is 382 g/mol. The third kappa shape index (κ3) is 2.70. The largest absolute Gasteiger partial charge is 0.455 e. The maximum absolute atomic E-state index is 12.7. The van der Waals surface area contributed by atoms with E-state index in [1.54, 1.807) is 11.3 Å². The van der Waals surface area contributed by atoms with Crippen LogP contribution >= 0.6 is 11.3 Å². The first-order chi connectivity index (χ1) is 13.1. The predicted octanol–water partition coefficient (Wildman–Crippen LogP) is 3.78. The minimum atomic E-state index is -0.215. The van der Waals surface area contributed by atoms with Crippen LogP contribution in [0.5, 0.6) is 11.5 Å². The molecule has 0 fully saturated rings. The summed E-state index contributed by atoms with van der Waals surface area (Å²) >= 11 is 1.72. The molecule has 1 aliphatic heterocycles. The number of aromatic nitrogens is 1. The fraction of sp³-hybridized carbons (Fsp3) is 0.300. The van der Waals surface area contributed by atoms with Crippen molar-refractivity contribution >= 4 is 17.2 Å². The van der Waals surface area contributed by atoms with E-state index in [4.69, 9.17) is 13.9 Å². The van der Waals surface area contributed by atoms with Crippen molar-refractivity contribution in [1.29, 1.82) is 0 Å². The lowest BCUT2D eigenvalue weighted by molar-refractivity contribution is 0.0920. The number of ether oxygens (including phenoxy) is 2. The average Bonchev–Trinajstić information content (AvgIpc) is 3.35. The van der Waals surface area contributed by atoms with Gasteiger partial charge in [0.05, 0.1) is 10.7 Å². The van der Waals surface area contributed by atoms with Crippen molar-refractivity contribution in [2.45, 2.75) is 33.2 Å². The molecule has 138 valence electrons. The maximum atomic E-state index is 12.7. The molecule has 1 aromatic carbocycles. The number of amides is 1. The maximum Gasteiger partial charge on any atom is 0.287 e. The van der Waals surface area contributed by atoms with Gasteiger partial charge < -0.3 is 19.2 Å². The SMILES string of the molecule is Cc1nc2c(s1)CCc1oc(C(=O)NCc3ccc4c(c3)OCO4)c(C)c1-2. The standard InChI is InChI=1S/C20H18N2O4S/c1-10-17-14(5-6-16-18(17)22-11(2)27-16)26-19(10)20(23)21-8-12-3-4-13-15(7-12)25-9-24-13/h3-4,7H,5-6,8-9H2,1-2H3,(H,21,23). The van der Waals surface area contributed by atoms with Gasteiger partial charge in [-0.1, -0.05) is 6.07 Å². The minimum absolute atomic E-state index is 0.215. The molecule has 1 aliphatic carbocycles. The van der Waals surface area contributed by atoms with Crippen LogP contribution in [0.25, 0.3) is 11.3 Å². The van der Waals surface area contributed by atoms with E-state index in [0.717, 1.165) is 51.7 Å². The number of fused-ring (bicyclic) bond motifs is 4. The second kappa shape index (κ2) is 6.13. The van der Waals surface area contributed by atoms with E-state index in [2.05, 4.69) is 10.3 Å². The summed E-state index contributed by atoms with van der Waals surface area (Å²) in [5.41, 5.74) is 3.78. The first-order valence-electron chi connectivity index (χ1n) is 8.86. The summed E-state index contributed by atoms with van der Waals surface area (Å²) < 4.78 is 16.6. The molecule has 3 heterocycles. The first-order valence-corrected chi connectivity index (χ1v) is 9.67. The zero-order valence-electron chi connectivity index (χ0n) is 15.0. The summed E-state index contributed by atoms with van der Waals surface area (Å²) in [6.07, 6.45) is 1.72. The lowest BCUT2D eigenvalue weighted by Gasteiger charge is -2.09. The molecular formula is C20H18N2O4S. The van der Waals surface area contributed by atoms with Crippen LogP contribution in [0.4, 0.5) is 0 Å². The number of carbonyl (C=O) groups is 1. The number of nitrogens with one attached hydrogen (secondary N) is 1. The summed E-state index contributed by atoms with van der Waals surface area (Å²) in [7, 11) is 0. The number of thiazole rings is 1. The van der Waals surface area contributed by atoms with Crippen LogP contribution in [-0.4, -0.2) is 17.7 Å². The normalized spacial score (nSPS) is 14.0. The van der Waals surface area contributed by atoms with Gasteiger partial charge in [-0.3, -0.25) is 4.79 Å². The Bertz CT molecular complexity index is 1070. The van der Waals surface area contributed by atoms with E-state index in [9.17, 15) is 4.79 Å². The van der Waals surface area contributed by atoms with E-state index in [0.29, 0.717) is 18.1 Å². The number of rotatable bonds is 3.